The van der Waals surface area contributed by atoms with E-state index in [0.29, 0.717) is 31.7 Å². The fourth-order valence-corrected chi connectivity index (χ4v) is 4.90. The van der Waals surface area contributed by atoms with E-state index in [4.69, 9.17) is 10.5 Å². The molecule has 0 spiro atoms. The highest BCUT2D eigenvalue weighted by Gasteiger charge is 2.44. The lowest BCUT2D eigenvalue weighted by molar-refractivity contribution is 0.0240. The molecule has 1 heterocycles. The number of rotatable bonds is 4. The zero-order valence-corrected chi connectivity index (χ0v) is 18.5. The van der Waals surface area contributed by atoms with Crippen molar-refractivity contribution in [3.63, 3.8) is 0 Å². The molecule has 2 N–H and O–H groups in total. The minimum Gasteiger partial charge on any atom is -0.444 e. The molecular weight excluding hydrogens is 378 g/mol. The van der Waals surface area contributed by atoms with Crippen molar-refractivity contribution < 1.29 is 17.9 Å². The number of hydrogen-bond donors (Lipinski definition) is 1. The summed E-state index contributed by atoms with van der Waals surface area (Å²) >= 11 is 0. The van der Waals surface area contributed by atoms with Crippen LogP contribution in [-0.2, 0) is 19.4 Å². The van der Waals surface area contributed by atoms with Crippen LogP contribution in [-0.4, -0.2) is 57.4 Å². The summed E-state index contributed by atoms with van der Waals surface area (Å²) in [5.41, 5.74) is 7.35. The summed E-state index contributed by atoms with van der Waals surface area (Å²) in [6, 6.07) is 7.37. The fourth-order valence-electron chi connectivity index (χ4n) is 3.48. The van der Waals surface area contributed by atoms with E-state index in [2.05, 4.69) is 4.90 Å². The van der Waals surface area contributed by atoms with E-state index in [0.717, 1.165) is 5.69 Å². The predicted molar refractivity (Wildman–Crippen MR) is 112 cm³/mol. The number of amides is 1. The molecular formula is C20H33N3O4S. The summed E-state index contributed by atoms with van der Waals surface area (Å²) < 4.78 is 30.6. The molecule has 1 aromatic rings. The molecule has 0 aromatic heterocycles. The Labute approximate surface area is 168 Å². The Bertz CT molecular complexity index is 809. The van der Waals surface area contributed by atoms with E-state index in [9.17, 15) is 13.2 Å². The first-order chi connectivity index (χ1) is 12.8. The molecule has 28 heavy (non-hydrogen) atoms. The van der Waals surface area contributed by atoms with Crippen LogP contribution in [0, 0.1) is 5.92 Å². The molecule has 2 rings (SSSR count). The summed E-state index contributed by atoms with van der Waals surface area (Å²) in [7, 11) is -3.56. The van der Waals surface area contributed by atoms with Crippen LogP contribution in [0.3, 0.4) is 0 Å². The molecule has 0 aliphatic carbocycles. The second-order valence-corrected chi connectivity index (χ2v) is 10.9. The zero-order chi connectivity index (χ0) is 21.3. The number of anilines is 1. The minimum absolute atomic E-state index is 0.299. The number of nitrogens with zero attached hydrogens (tertiary/aromatic N) is 2. The molecule has 1 saturated heterocycles. The smallest absolute Gasteiger partial charge is 0.410 e. The maximum Gasteiger partial charge on any atom is 0.410 e. The number of sulfone groups is 1. The number of benzene rings is 1. The monoisotopic (exact) mass is 411 g/mol. The van der Waals surface area contributed by atoms with E-state index < -0.39 is 20.3 Å². The summed E-state index contributed by atoms with van der Waals surface area (Å²) in [4.78, 5) is 14.6. The van der Waals surface area contributed by atoms with Gasteiger partial charge >= 0.3 is 6.09 Å². The average Bonchev–Trinajstić information content (AvgIpc) is 2.58. The van der Waals surface area contributed by atoms with Crippen LogP contribution in [0.2, 0.25) is 0 Å². The maximum absolute atomic E-state index is 12.6. The van der Waals surface area contributed by atoms with Crippen molar-refractivity contribution in [2.45, 2.75) is 45.1 Å². The van der Waals surface area contributed by atoms with E-state index in [-0.39, 0.29) is 12.0 Å². The maximum atomic E-state index is 12.6. The highest BCUT2D eigenvalue weighted by molar-refractivity contribution is 7.91. The molecule has 1 aromatic carbocycles. The normalized spacial score (nSPS) is 18.1. The van der Waals surface area contributed by atoms with E-state index in [1.54, 1.807) is 11.0 Å². The van der Waals surface area contributed by atoms with Gasteiger partial charge in [0.15, 0.2) is 9.84 Å². The van der Waals surface area contributed by atoms with Crippen molar-refractivity contribution in [3.8, 4) is 0 Å². The first-order valence-corrected chi connectivity index (χ1v) is 11.5. The topological polar surface area (TPSA) is 92.9 Å². The van der Waals surface area contributed by atoms with Gasteiger partial charge in [-0.3, -0.25) is 0 Å². The van der Waals surface area contributed by atoms with E-state index in [1.165, 1.54) is 6.26 Å². The van der Waals surface area contributed by atoms with Gasteiger partial charge in [0.25, 0.3) is 0 Å². The van der Waals surface area contributed by atoms with Crippen LogP contribution < -0.4 is 10.6 Å². The highest BCUT2D eigenvalue weighted by atomic mass is 32.2. The molecule has 1 aliphatic heterocycles. The van der Waals surface area contributed by atoms with Crippen molar-refractivity contribution in [2.75, 3.05) is 37.3 Å². The van der Waals surface area contributed by atoms with Crippen LogP contribution in [0.5, 0.6) is 0 Å². The molecule has 158 valence electrons. The number of carbonyl (C=O) groups excluding carboxylic acids is 1. The van der Waals surface area contributed by atoms with Crippen LogP contribution >= 0.6 is 0 Å². The predicted octanol–water partition coefficient (Wildman–Crippen LogP) is 2.56. The number of hydrogen-bond acceptors (Lipinski definition) is 6. The highest BCUT2D eigenvalue weighted by Crippen LogP contribution is 2.38. The van der Waals surface area contributed by atoms with Crippen molar-refractivity contribution in [1.29, 1.82) is 0 Å². The summed E-state index contributed by atoms with van der Waals surface area (Å²) in [6.45, 7) is 11.3. The fraction of sp³-hybridized carbons (Fsp3) is 0.650. The Hall–Kier alpha value is -1.80. The van der Waals surface area contributed by atoms with Gasteiger partial charge in [0.2, 0.25) is 0 Å². The Morgan fingerprint density at radius 1 is 1.11 bits per heavy atom. The standard InChI is InChI=1S/C20H33N3O4S/c1-15(2)20(21,28(6,25)26)16-9-7-8-10-17(16)22-11-13-23(14-12-22)18(24)27-19(3,4)5/h7-10,15H,11-14,21H2,1-6H3. The van der Waals surface area contributed by atoms with Gasteiger partial charge in [-0.15, -0.1) is 0 Å². The summed E-state index contributed by atoms with van der Waals surface area (Å²) in [6.07, 6.45) is 0.858. The number of para-hydroxylation sites is 1. The van der Waals surface area contributed by atoms with Crippen molar-refractivity contribution in [1.82, 2.24) is 4.90 Å². The second kappa shape index (κ2) is 7.91. The van der Waals surface area contributed by atoms with E-state index >= 15 is 0 Å². The van der Waals surface area contributed by atoms with E-state index in [1.807, 2.05) is 52.8 Å². The summed E-state index contributed by atoms with van der Waals surface area (Å²) in [5.74, 6) is -0.299. The van der Waals surface area contributed by atoms with Crippen LogP contribution in [0.4, 0.5) is 10.5 Å². The third-order valence-corrected chi connectivity index (χ3v) is 6.99. The van der Waals surface area contributed by atoms with Gasteiger partial charge in [-0.2, -0.15) is 0 Å². The molecule has 1 fully saturated rings. The molecule has 1 aliphatic rings. The van der Waals surface area contributed by atoms with Crippen LogP contribution in [0.25, 0.3) is 0 Å². The van der Waals surface area contributed by atoms with Gasteiger partial charge in [-0.25, -0.2) is 13.2 Å². The van der Waals surface area contributed by atoms with Gasteiger partial charge in [-0.05, 0) is 32.8 Å². The Morgan fingerprint density at radius 2 is 1.64 bits per heavy atom. The molecule has 1 unspecified atom stereocenters. The number of ether oxygens (including phenoxy) is 1. The third kappa shape index (κ3) is 4.60. The Morgan fingerprint density at radius 3 is 2.11 bits per heavy atom. The summed E-state index contributed by atoms with van der Waals surface area (Å²) in [5, 5.41) is 0. The Kier molecular flexibility index (Phi) is 6.35. The lowest BCUT2D eigenvalue weighted by Gasteiger charge is -2.40. The van der Waals surface area contributed by atoms with Crippen LogP contribution in [0.1, 0.15) is 40.2 Å². The first-order valence-electron chi connectivity index (χ1n) is 9.58. The molecule has 0 bridgehead atoms. The number of piperazine rings is 1. The van der Waals surface area contributed by atoms with Crippen LogP contribution in [0.15, 0.2) is 24.3 Å². The van der Waals surface area contributed by atoms with Crippen molar-refractivity contribution >= 4 is 21.6 Å². The van der Waals surface area contributed by atoms with Gasteiger partial charge in [-0.1, -0.05) is 32.0 Å². The first kappa shape index (κ1) is 22.5. The lowest BCUT2D eigenvalue weighted by Crippen LogP contribution is -2.52. The quantitative estimate of drug-likeness (QED) is 0.818. The Balaban J connectivity index is 2.27. The average molecular weight is 412 g/mol. The SMILES string of the molecule is CC(C)C(N)(c1ccccc1N1CCN(C(=O)OC(C)(C)C)CC1)S(C)(=O)=O. The molecule has 0 radical (unpaired) electrons. The second-order valence-electron chi connectivity index (χ2n) is 8.69. The van der Waals surface area contributed by atoms with Gasteiger partial charge in [0.1, 0.15) is 10.5 Å². The number of carbonyl (C=O) groups is 1. The largest absolute Gasteiger partial charge is 0.444 e. The molecule has 8 heteroatoms. The van der Waals surface area contributed by atoms with Gasteiger partial charge in [0.05, 0.1) is 0 Å². The van der Waals surface area contributed by atoms with Gasteiger partial charge < -0.3 is 20.3 Å². The number of nitrogens with two attached hydrogens (primary N) is 1. The molecule has 0 saturated carbocycles. The molecule has 1 atom stereocenters. The van der Waals surface area contributed by atoms with Crippen molar-refractivity contribution in [3.05, 3.63) is 29.8 Å². The minimum atomic E-state index is -3.56. The zero-order valence-electron chi connectivity index (χ0n) is 17.7. The van der Waals surface area contributed by atoms with Crippen molar-refractivity contribution in [2.24, 2.45) is 11.7 Å². The molecule has 7 nitrogen and oxygen atoms in total. The third-order valence-electron chi connectivity index (χ3n) is 5.07. The molecule has 1 amide bonds. The van der Waals surface area contributed by atoms with Gasteiger partial charge in [0, 0.05) is 43.7 Å². The lowest BCUT2D eigenvalue weighted by atomic mass is 9.94.